The lowest BCUT2D eigenvalue weighted by atomic mass is 10.1. The summed E-state index contributed by atoms with van der Waals surface area (Å²) >= 11 is 0. The minimum Gasteiger partial charge on any atom is -0.207 e. The fourth-order valence-electron chi connectivity index (χ4n) is 1.11. The summed E-state index contributed by atoms with van der Waals surface area (Å²) in [6.07, 6.45) is 0. The minimum atomic E-state index is -3.36. The van der Waals surface area contributed by atoms with Crippen molar-refractivity contribution in [1.29, 1.82) is 0 Å². The third-order valence-corrected chi connectivity index (χ3v) is 4.48. The number of sulfonamides is 1. The fourth-order valence-corrected chi connectivity index (χ4v) is 2.65. The van der Waals surface area contributed by atoms with Crippen LogP contribution in [0.2, 0.25) is 0 Å². The largest absolute Gasteiger partial charge is 0.243 e. The van der Waals surface area contributed by atoms with Crippen LogP contribution in [0.5, 0.6) is 0 Å². The number of nitrogens with zero attached hydrogens (tertiary/aromatic N) is 1. The first-order valence-corrected chi connectivity index (χ1v) is 6.24. The topological polar surface area (TPSA) is 37.4 Å². The first kappa shape index (κ1) is 12.2. The fraction of sp³-hybridized carbons (Fsp3) is 0.455. The maximum atomic E-state index is 12.1. The van der Waals surface area contributed by atoms with Crippen LogP contribution in [0.4, 0.5) is 0 Å². The highest BCUT2D eigenvalue weighted by molar-refractivity contribution is 7.89. The van der Waals surface area contributed by atoms with E-state index in [0.717, 1.165) is 0 Å². The average Bonchev–Trinajstić information content (AvgIpc) is 2.16. The van der Waals surface area contributed by atoms with Crippen molar-refractivity contribution >= 4 is 10.0 Å². The molecule has 3 nitrogen and oxygen atoms in total. The molecule has 0 N–H and O–H groups in total. The lowest BCUT2D eigenvalue weighted by Gasteiger charge is -2.30. The Morgan fingerprint density at radius 3 is 1.93 bits per heavy atom. The van der Waals surface area contributed by atoms with E-state index in [1.165, 1.54) is 4.31 Å². The average molecular weight is 227 g/mol. The molecule has 0 amide bonds. The summed E-state index contributed by atoms with van der Waals surface area (Å²) in [5.74, 6) is 0. The van der Waals surface area contributed by atoms with Crippen LogP contribution in [0.3, 0.4) is 0 Å². The molecular formula is C11H17NO2S. The Kier molecular flexibility index (Phi) is 3.21. The molecule has 0 aliphatic heterocycles. The smallest absolute Gasteiger partial charge is 0.207 e. The van der Waals surface area contributed by atoms with Crippen molar-refractivity contribution in [3.8, 4) is 0 Å². The van der Waals surface area contributed by atoms with Gasteiger partial charge in [0.1, 0.15) is 0 Å². The molecule has 0 saturated carbocycles. The second kappa shape index (κ2) is 3.94. The van der Waals surface area contributed by atoms with Gasteiger partial charge in [-0.05, 0) is 32.9 Å². The Hall–Kier alpha value is -0.870. The van der Waals surface area contributed by atoms with E-state index in [2.05, 4.69) is 0 Å². The maximum absolute atomic E-state index is 12.1. The monoisotopic (exact) mass is 227 g/mol. The molecule has 0 spiro atoms. The second-order valence-electron chi connectivity index (χ2n) is 4.46. The Labute approximate surface area is 91.8 Å². The van der Waals surface area contributed by atoms with E-state index in [-0.39, 0.29) is 0 Å². The van der Waals surface area contributed by atoms with Crippen molar-refractivity contribution in [1.82, 2.24) is 4.31 Å². The van der Waals surface area contributed by atoms with Gasteiger partial charge in [-0.15, -0.1) is 0 Å². The van der Waals surface area contributed by atoms with Gasteiger partial charge in [0.2, 0.25) is 10.0 Å². The van der Waals surface area contributed by atoms with Gasteiger partial charge in [-0.2, -0.15) is 4.31 Å². The minimum absolute atomic E-state index is 0.336. The Morgan fingerprint density at radius 2 is 1.53 bits per heavy atom. The molecule has 0 saturated heterocycles. The second-order valence-corrected chi connectivity index (χ2v) is 6.43. The van der Waals surface area contributed by atoms with Crippen molar-refractivity contribution in [2.24, 2.45) is 0 Å². The molecule has 84 valence electrons. The van der Waals surface area contributed by atoms with Crippen LogP contribution in [0, 0.1) is 0 Å². The van der Waals surface area contributed by atoms with E-state index in [1.54, 1.807) is 37.4 Å². The number of hydrogen-bond donors (Lipinski definition) is 0. The number of rotatable bonds is 2. The van der Waals surface area contributed by atoms with Gasteiger partial charge in [0, 0.05) is 12.6 Å². The number of benzene rings is 1. The van der Waals surface area contributed by atoms with E-state index in [1.807, 2.05) is 20.8 Å². The molecule has 0 aliphatic rings. The van der Waals surface area contributed by atoms with Crippen LogP contribution in [0.1, 0.15) is 20.8 Å². The van der Waals surface area contributed by atoms with Crippen LogP contribution in [-0.4, -0.2) is 25.3 Å². The van der Waals surface area contributed by atoms with Gasteiger partial charge in [-0.3, -0.25) is 0 Å². The maximum Gasteiger partial charge on any atom is 0.243 e. The molecule has 0 heterocycles. The van der Waals surface area contributed by atoms with Gasteiger partial charge in [0.15, 0.2) is 0 Å². The molecule has 0 atom stereocenters. The van der Waals surface area contributed by atoms with Crippen LogP contribution >= 0.6 is 0 Å². The third kappa shape index (κ3) is 2.58. The van der Waals surface area contributed by atoms with E-state index in [0.29, 0.717) is 4.90 Å². The van der Waals surface area contributed by atoms with Gasteiger partial charge in [-0.25, -0.2) is 8.42 Å². The number of hydrogen-bond acceptors (Lipinski definition) is 2. The summed E-state index contributed by atoms with van der Waals surface area (Å²) < 4.78 is 25.6. The lowest BCUT2D eigenvalue weighted by molar-refractivity contribution is 0.292. The first-order chi connectivity index (χ1) is 6.76. The molecular weight excluding hydrogens is 210 g/mol. The SMILES string of the molecule is CN(C(C)(C)C)S(=O)(=O)c1ccccc1. The Bertz CT molecular complexity index is 418. The summed E-state index contributed by atoms with van der Waals surface area (Å²) in [6, 6.07) is 8.47. The normalized spacial score (nSPS) is 13.1. The van der Waals surface area contributed by atoms with E-state index < -0.39 is 15.6 Å². The molecule has 4 heteroatoms. The van der Waals surface area contributed by atoms with E-state index in [4.69, 9.17) is 0 Å². The first-order valence-electron chi connectivity index (χ1n) is 4.80. The molecule has 1 aromatic rings. The molecule has 0 fully saturated rings. The van der Waals surface area contributed by atoms with Crippen molar-refractivity contribution in [2.45, 2.75) is 31.2 Å². The van der Waals surface area contributed by atoms with Gasteiger partial charge >= 0.3 is 0 Å². The summed E-state index contributed by atoms with van der Waals surface area (Å²) in [4.78, 5) is 0.336. The molecule has 1 rings (SSSR count). The standard InChI is InChI=1S/C11H17NO2S/c1-11(2,3)12(4)15(13,14)10-8-6-5-7-9-10/h5-9H,1-4H3. The summed E-state index contributed by atoms with van der Waals surface area (Å²) in [6.45, 7) is 5.61. The molecule has 15 heavy (non-hydrogen) atoms. The van der Waals surface area contributed by atoms with Crippen LogP contribution in [0.15, 0.2) is 35.2 Å². The van der Waals surface area contributed by atoms with Crippen LogP contribution in [0.25, 0.3) is 0 Å². The quantitative estimate of drug-likeness (QED) is 0.776. The highest BCUT2D eigenvalue weighted by Crippen LogP contribution is 2.21. The molecule has 1 aromatic carbocycles. The zero-order valence-electron chi connectivity index (χ0n) is 9.56. The predicted octanol–water partition coefficient (Wildman–Crippen LogP) is 2.11. The van der Waals surface area contributed by atoms with Gasteiger partial charge in [0.05, 0.1) is 4.90 Å². The van der Waals surface area contributed by atoms with Crippen LogP contribution < -0.4 is 0 Å². The molecule has 0 aromatic heterocycles. The third-order valence-electron chi connectivity index (χ3n) is 2.35. The molecule has 0 radical (unpaired) electrons. The van der Waals surface area contributed by atoms with Crippen molar-refractivity contribution in [3.63, 3.8) is 0 Å². The zero-order valence-corrected chi connectivity index (χ0v) is 10.4. The molecule has 0 bridgehead atoms. The summed E-state index contributed by atoms with van der Waals surface area (Å²) in [5.41, 5.74) is -0.408. The van der Waals surface area contributed by atoms with Crippen LogP contribution in [-0.2, 0) is 10.0 Å². The molecule has 0 aliphatic carbocycles. The van der Waals surface area contributed by atoms with Gasteiger partial charge < -0.3 is 0 Å². The molecule has 0 unspecified atom stereocenters. The van der Waals surface area contributed by atoms with Gasteiger partial charge in [0.25, 0.3) is 0 Å². The highest BCUT2D eigenvalue weighted by atomic mass is 32.2. The Morgan fingerprint density at radius 1 is 1.07 bits per heavy atom. The van der Waals surface area contributed by atoms with E-state index in [9.17, 15) is 8.42 Å². The summed E-state index contributed by atoms with van der Waals surface area (Å²) in [7, 11) is -1.76. The Balaban J connectivity index is 3.16. The van der Waals surface area contributed by atoms with Crippen molar-refractivity contribution < 1.29 is 8.42 Å². The van der Waals surface area contributed by atoms with Gasteiger partial charge in [-0.1, -0.05) is 18.2 Å². The van der Waals surface area contributed by atoms with Crippen molar-refractivity contribution in [2.75, 3.05) is 7.05 Å². The predicted molar refractivity (Wildman–Crippen MR) is 61.1 cm³/mol. The highest BCUT2D eigenvalue weighted by Gasteiger charge is 2.29. The summed E-state index contributed by atoms with van der Waals surface area (Å²) in [5, 5.41) is 0. The zero-order chi connectivity index (χ0) is 11.7. The lowest BCUT2D eigenvalue weighted by Crippen LogP contribution is -2.42. The van der Waals surface area contributed by atoms with E-state index >= 15 is 0 Å². The van der Waals surface area contributed by atoms with Crippen molar-refractivity contribution in [3.05, 3.63) is 30.3 Å².